The lowest BCUT2D eigenvalue weighted by molar-refractivity contribution is -0.0784. The molecule has 7 heteroatoms. The Morgan fingerprint density at radius 3 is 2.85 bits per heavy atom. The van der Waals surface area contributed by atoms with Gasteiger partial charge >= 0.3 is 0 Å². The number of nitrogens with one attached hydrogen (secondary N) is 2. The average molecular weight is 353 g/mol. The van der Waals surface area contributed by atoms with E-state index in [4.69, 9.17) is 4.74 Å². The predicted octanol–water partition coefficient (Wildman–Crippen LogP) is 2.19. The van der Waals surface area contributed by atoms with Crippen LogP contribution in [-0.2, 0) is 4.74 Å². The summed E-state index contributed by atoms with van der Waals surface area (Å²) in [6.07, 6.45) is 6.54. The lowest BCUT2D eigenvalue weighted by Crippen LogP contribution is -2.63. The fourth-order valence-electron chi connectivity index (χ4n) is 5.24. The molecule has 3 fully saturated rings. The number of ether oxygens (including phenoxy) is 1. The first-order valence-corrected chi connectivity index (χ1v) is 9.58. The first-order chi connectivity index (χ1) is 12.8. The van der Waals surface area contributed by atoms with Gasteiger partial charge in [-0.05, 0) is 23.6 Å². The second-order valence-electron chi connectivity index (χ2n) is 7.69. The monoisotopic (exact) mass is 353 g/mol. The van der Waals surface area contributed by atoms with E-state index in [0.29, 0.717) is 40.8 Å². The number of aromatic nitrogens is 4. The van der Waals surface area contributed by atoms with Gasteiger partial charge in [-0.15, -0.1) is 10.2 Å². The summed E-state index contributed by atoms with van der Waals surface area (Å²) < 4.78 is 5.99. The van der Waals surface area contributed by atoms with E-state index in [1.807, 2.05) is 24.3 Å². The van der Waals surface area contributed by atoms with Crippen molar-refractivity contribution in [2.45, 2.75) is 44.2 Å². The van der Waals surface area contributed by atoms with Crippen LogP contribution in [0.15, 0.2) is 24.3 Å². The van der Waals surface area contributed by atoms with E-state index in [1.165, 1.54) is 25.7 Å². The smallest absolute Gasteiger partial charge is 0.252 e. The molecule has 1 aromatic heterocycles. The van der Waals surface area contributed by atoms with Gasteiger partial charge in [0.25, 0.3) is 5.91 Å². The average Bonchev–Trinajstić information content (AvgIpc) is 3.42. The zero-order valence-electron chi connectivity index (χ0n) is 14.6. The highest BCUT2D eigenvalue weighted by molar-refractivity contribution is 6.00. The molecule has 1 saturated heterocycles. The summed E-state index contributed by atoms with van der Waals surface area (Å²) in [5.41, 5.74) is 1.30. The highest BCUT2D eigenvalue weighted by Crippen LogP contribution is 2.51. The number of fused-ring (bicyclic) bond motifs is 1. The van der Waals surface area contributed by atoms with Gasteiger partial charge in [-0.3, -0.25) is 4.79 Å². The van der Waals surface area contributed by atoms with E-state index < -0.39 is 0 Å². The van der Waals surface area contributed by atoms with Crippen molar-refractivity contribution >= 4 is 5.91 Å². The maximum Gasteiger partial charge on any atom is 0.252 e. The molecule has 1 aromatic carbocycles. The van der Waals surface area contributed by atoms with Gasteiger partial charge in [0.2, 0.25) is 5.82 Å². The Kier molecular flexibility index (Phi) is 3.96. The van der Waals surface area contributed by atoms with Gasteiger partial charge in [-0.1, -0.05) is 43.9 Å². The number of hydrogen-bond donors (Lipinski definition) is 2. The fourth-order valence-corrected chi connectivity index (χ4v) is 5.24. The topological polar surface area (TPSA) is 92.8 Å². The molecule has 2 N–H and O–H groups in total. The number of tetrazole rings is 1. The molecule has 0 radical (unpaired) electrons. The minimum atomic E-state index is -0.0521. The second-order valence-corrected chi connectivity index (χ2v) is 7.69. The van der Waals surface area contributed by atoms with E-state index >= 15 is 0 Å². The Bertz CT molecular complexity index is 782. The summed E-state index contributed by atoms with van der Waals surface area (Å²) in [6, 6.07) is 7.66. The number of carbonyl (C=O) groups is 1. The number of amides is 1. The first-order valence-electron chi connectivity index (χ1n) is 9.58. The molecule has 4 atom stereocenters. The van der Waals surface area contributed by atoms with Crippen molar-refractivity contribution in [3.8, 4) is 11.4 Å². The Hall–Kier alpha value is -2.28. The van der Waals surface area contributed by atoms with Crippen LogP contribution in [-0.4, -0.2) is 45.3 Å². The predicted molar refractivity (Wildman–Crippen MR) is 94.2 cm³/mol. The van der Waals surface area contributed by atoms with Crippen LogP contribution in [0.25, 0.3) is 11.4 Å². The number of carbonyl (C=O) groups excluding carboxylic acids is 1. The molecule has 0 spiro atoms. The molecule has 2 saturated carbocycles. The van der Waals surface area contributed by atoms with E-state index in [1.54, 1.807) is 0 Å². The van der Waals surface area contributed by atoms with Crippen molar-refractivity contribution in [2.75, 3.05) is 6.61 Å². The third kappa shape index (κ3) is 2.53. The van der Waals surface area contributed by atoms with Gasteiger partial charge in [0.1, 0.15) is 0 Å². The van der Waals surface area contributed by atoms with Crippen molar-refractivity contribution in [3.63, 3.8) is 0 Å². The lowest BCUT2D eigenvalue weighted by atomic mass is 9.61. The van der Waals surface area contributed by atoms with Gasteiger partial charge in [0.05, 0.1) is 11.7 Å². The fraction of sp³-hybridized carbons (Fsp3) is 0.579. The maximum absolute atomic E-state index is 13.1. The Balaban J connectivity index is 1.38. The van der Waals surface area contributed by atoms with Gasteiger partial charge < -0.3 is 10.1 Å². The third-order valence-electron chi connectivity index (χ3n) is 6.44. The normalized spacial score (nSPS) is 30.8. The maximum atomic E-state index is 13.1. The molecule has 26 heavy (non-hydrogen) atoms. The molecule has 2 aliphatic carbocycles. The summed E-state index contributed by atoms with van der Waals surface area (Å²) >= 11 is 0. The Morgan fingerprint density at radius 1 is 1.19 bits per heavy atom. The van der Waals surface area contributed by atoms with E-state index in [0.717, 1.165) is 13.0 Å². The zero-order valence-corrected chi connectivity index (χ0v) is 14.6. The van der Waals surface area contributed by atoms with Crippen molar-refractivity contribution in [3.05, 3.63) is 29.8 Å². The quantitative estimate of drug-likeness (QED) is 0.879. The number of nitrogens with zero attached hydrogens (tertiary/aromatic N) is 3. The standard InChI is InChI=1S/C19H23N5O2/c25-19(13-8-4-3-7-12(13)18-21-23-24-22-18)20-16-14-9-10-26-17(14)15(16)11-5-1-2-6-11/h3-4,7-8,11,14-17H,1-2,5-6,9-10H2,(H,20,25)(H,21,22,23,24)/t14-,15+,16+,17-/m0/s1. The largest absolute Gasteiger partial charge is 0.377 e. The van der Waals surface area contributed by atoms with Gasteiger partial charge in [0.15, 0.2) is 0 Å². The molecular weight excluding hydrogens is 330 g/mol. The number of hydrogen-bond acceptors (Lipinski definition) is 5. The van der Waals surface area contributed by atoms with Crippen molar-refractivity contribution in [2.24, 2.45) is 17.8 Å². The number of benzene rings is 1. The van der Waals surface area contributed by atoms with Gasteiger partial charge in [0, 0.05) is 30.0 Å². The minimum Gasteiger partial charge on any atom is -0.377 e. The van der Waals surface area contributed by atoms with E-state index in [2.05, 4.69) is 25.9 Å². The molecule has 1 amide bonds. The van der Waals surface area contributed by atoms with Crippen LogP contribution in [0.1, 0.15) is 42.5 Å². The molecule has 7 nitrogen and oxygen atoms in total. The molecule has 0 bridgehead atoms. The van der Waals surface area contributed by atoms with Crippen LogP contribution in [0.5, 0.6) is 0 Å². The highest BCUT2D eigenvalue weighted by atomic mass is 16.5. The van der Waals surface area contributed by atoms with Crippen LogP contribution in [0.3, 0.4) is 0 Å². The summed E-state index contributed by atoms with van der Waals surface area (Å²) in [5, 5.41) is 17.4. The van der Waals surface area contributed by atoms with Crippen LogP contribution in [0, 0.1) is 17.8 Å². The summed E-state index contributed by atoms with van der Waals surface area (Å²) in [7, 11) is 0. The SMILES string of the molecule is O=C(N[C@@H]1[C@@H]2CCO[C@@H]2[C@@H]1C1CCCC1)c1ccccc1-c1nn[nH]n1. The third-order valence-corrected chi connectivity index (χ3v) is 6.44. The minimum absolute atomic E-state index is 0.0521. The zero-order chi connectivity index (χ0) is 17.5. The molecule has 1 aliphatic heterocycles. The van der Waals surface area contributed by atoms with E-state index in [9.17, 15) is 4.79 Å². The second kappa shape index (κ2) is 6.46. The molecule has 3 aliphatic rings. The van der Waals surface area contributed by atoms with Crippen LogP contribution < -0.4 is 5.32 Å². The molecule has 2 aromatic rings. The highest BCUT2D eigenvalue weighted by Gasteiger charge is 2.57. The van der Waals surface area contributed by atoms with Crippen molar-refractivity contribution < 1.29 is 9.53 Å². The lowest BCUT2D eigenvalue weighted by Gasteiger charge is -2.50. The summed E-state index contributed by atoms with van der Waals surface area (Å²) in [6.45, 7) is 0.824. The first kappa shape index (κ1) is 15.9. The van der Waals surface area contributed by atoms with E-state index in [-0.39, 0.29) is 11.9 Å². The molecule has 0 unspecified atom stereocenters. The van der Waals surface area contributed by atoms with Crippen molar-refractivity contribution in [1.82, 2.24) is 25.9 Å². The number of rotatable bonds is 4. The molecule has 136 valence electrons. The molecule has 5 rings (SSSR count). The molecule has 2 heterocycles. The Morgan fingerprint density at radius 2 is 2.04 bits per heavy atom. The van der Waals surface area contributed by atoms with Gasteiger partial charge in [-0.2, -0.15) is 5.21 Å². The molecular formula is C19H23N5O2. The van der Waals surface area contributed by atoms with Crippen LogP contribution in [0.2, 0.25) is 0 Å². The summed E-state index contributed by atoms with van der Waals surface area (Å²) in [4.78, 5) is 13.1. The summed E-state index contributed by atoms with van der Waals surface area (Å²) in [5.74, 6) is 2.00. The van der Waals surface area contributed by atoms with Crippen LogP contribution in [0.4, 0.5) is 0 Å². The Labute approximate surface area is 151 Å². The van der Waals surface area contributed by atoms with Crippen molar-refractivity contribution in [1.29, 1.82) is 0 Å². The number of aromatic amines is 1. The van der Waals surface area contributed by atoms with Gasteiger partial charge in [-0.25, -0.2) is 0 Å². The number of H-pyrrole nitrogens is 1. The van der Waals surface area contributed by atoms with Crippen LogP contribution >= 0.6 is 0 Å².